The number of para-hydroxylation sites is 1. The molecule has 0 spiro atoms. The van der Waals surface area contributed by atoms with Crippen molar-refractivity contribution in [2.45, 2.75) is 45.1 Å². The molecule has 0 heterocycles. The first-order valence-corrected chi connectivity index (χ1v) is 7.08. The standard InChI is InChI=1S/C17H23N/c1-17(2,3)14-9-4-5-10-15(14)18-16-11-12-7-6-8-13(12)16/h4-6,8-10,12-13,16,18H,7,11H2,1-3H3. The molecule has 0 saturated heterocycles. The van der Waals surface area contributed by atoms with Crippen LogP contribution in [-0.4, -0.2) is 6.04 Å². The number of anilines is 1. The molecular weight excluding hydrogens is 218 g/mol. The van der Waals surface area contributed by atoms with Crippen molar-refractivity contribution in [1.82, 2.24) is 0 Å². The predicted molar refractivity (Wildman–Crippen MR) is 77.9 cm³/mol. The van der Waals surface area contributed by atoms with E-state index in [0.717, 1.165) is 11.8 Å². The highest BCUT2D eigenvalue weighted by atomic mass is 15.0. The van der Waals surface area contributed by atoms with Crippen molar-refractivity contribution in [3.05, 3.63) is 42.0 Å². The van der Waals surface area contributed by atoms with Crippen LogP contribution in [0.3, 0.4) is 0 Å². The molecule has 0 aromatic heterocycles. The van der Waals surface area contributed by atoms with Crippen LogP contribution in [0.5, 0.6) is 0 Å². The largest absolute Gasteiger partial charge is 0.381 e. The SMILES string of the molecule is CC(C)(C)c1ccccc1NC1CC2CC=CC21. The molecule has 18 heavy (non-hydrogen) atoms. The van der Waals surface area contributed by atoms with E-state index in [9.17, 15) is 0 Å². The van der Waals surface area contributed by atoms with Crippen LogP contribution < -0.4 is 5.32 Å². The molecule has 3 unspecified atom stereocenters. The molecule has 1 fully saturated rings. The molecule has 0 bridgehead atoms. The van der Waals surface area contributed by atoms with Gasteiger partial charge in [-0.05, 0) is 35.8 Å². The molecule has 0 aliphatic heterocycles. The second-order valence-corrected chi connectivity index (χ2v) is 6.78. The third kappa shape index (κ3) is 1.96. The number of benzene rings is 1. The van der Waals surface area contributed by atoms with E-state index in [4.69, 9.17) is 0 Å². The summed E-state index contributed by atoms with van der Waals surface area (Å²) in [6, 6.07) is 9.41. The number of allylic oxidation sites excluding steroid dienone is 1. The van der Waals surface area contributed by atoms with Crippen molar-refractivity contribution >= 4 is 5.69 Å². The molecule has 96 valence electrons. The van der Waals surface area contributed by atoms with E-state index in [1.807, 2.05) is 0 Å². The Morgan fingerprint density at radius 2 is 1.94 bits per heavy atom. The number of nitrogens with one attached hydrogen (secondary N) is 1. The Bertz CT molecular complexity index is 467. The fraction of sp³-hybridized carbons (Fsp3) is 0.529. The second-order valence-electron chi connectivity index (χ2n) is 6.78. The van der Waals surface area contributed by atoms with Crippen molar-refractivity contribution in [1.29, 1.82) is 0 Å². The van der Waals surface area contributed by atoms with Gasteiger partial charge in [0.25, 0.3) is 0 Å². The monoisotopic (exact) mass is 241 g/mol. The fourth-order valence-electron chi connectivity index (χ4n) is 3.35. The molecule has 2 aliphatic rings. The summed E-state index contributed by atoms with van der Waals surface area (Å²) < 4.78 is 0. The molecule has 0 amide bonds. The first-order valence-electron chi connectivity index (χ1n) is 7.08. The van der Waals surface area contributed by atoms with Crippen LogP contribution in [0.25, 0.3) is 0 Å². The van der Waals surface area contributed by atoms with Gasteiger partial charge in [-0.2, -0.15) is 0 Å². The molecule has 3 atom stereocenters. The van der Waals surface area contributed by atoms with E-state index in [0.29, 0.717) is 6.04 Å². The summed E-state index contributed by atoms with van der Waals surface area (Å²) >= 11 is 0. The smallest absolute Gasteiger partial charge is 0.0380 e. The average Bonchev–Trinajstić information content (AvgIpc) is 2.67. The van der Waals surface area contributed by atoms with Crippen LogP contribution in [-0.2, 0) is 5.41 Å². The minimum atomic E-state index is 0.207. The van der Waals surface area contributed by atoms with Crippen LogP contribution in [0.2, 0.25) is 0 Å². The maximum atomic E-state index is 3.77. The van der Waals surface area contributed by atoms with Crippen LogP contribution in [0.1, 0.15) is 39.2 Å². The van der Waals surface area contributed by atoms with Crippen LogP contribution in [0, 0.1) is 11.8 Å². The topological polar surface area (TPSA) is 12.0 Å². The summed E-state index contributed by atoms with van der Waals surface area (Å²) in [5, 5.41) is 3.77. The second kappa shape index (κ2) is 4.15. The van der Waals surface area contributed by atoms with E-state index in [-0.39, 0.29) is 5.41 Å². The van der Waals surface area contributed by atoms with Gasteiger partial charge in [-0.15, -0.1) is 0 Å². The molecule has 0 radical (unpaired) electrons. The highest BCUT2D eigenvalue weighted by Crippen LogP contribution is 2.44. The van der Waals surface area contributed by atoms with E-state index >= 15 is 0 Å². The molecular formula is C17H23N. The third-order valence-electron chi connectivity index (χ3n) is 4.44. The Hall–Kier alpha value is -1.24. The summed E-state index contributed by atoms with van der Waals surface area (Å²) in [5.41, 5.74) is 2.96. The van der Waals surface area contributed by atoms with E-state index in [1.165, 1.54) is 24.1 Å². The molecule has 1 heteroatoms. The minimum Gasteiger partial charge on any atom is -0.381 e. The van der Waals surface area contributed by atoms with Gasteiger partial charge in [0.2, 0.25) is 0 Å². The Morgan fingerprint density at radius 1 is 1.17 bits per heavy atom. The lowest BCUT2D eigenvalue weighted by atomic mass is 9.71. The first kappa shape index (κ1) is 11.8. The Morgan fingerprint density at radius 3 is 2.67 bits per heavy atom. The molecule has 2 aliphatic carbocycles. The predicted octanol–water partition coefficient (Wildman–Crippen LogP) is 4.36. The summed E-state index contributed by atoms with van der Waals surface area (Å²) in [4.78, 5) is 0. The van der Waals surface area contributed by atoms with Crippen LogP contribution in [0.15, 0.2) is 36.4 Å². The molecule has 1 aromatic carbocycles. The number of fused-ring (bicyclic) bond motifs is 1. The number of rotatable bonds is 2. The van der Waals surface area contributed by atoms with Gasteiger partial charge in [-0.25, -0.2) is 0 Å². The summed E-state index contributed by atoms with van der Waals surface area (Å²) in [7, 11) is 0. The lowest BCUT2D eigenvalue weighted by Gasteiger charge is -2.42. The van der Waals surface area contributed by atoms with Gasteiger partial charge in [0.1, 0.15) is 0 Å². The minimum absolute atomic E-state index is 0.207. The Kier molecular flexibility index (Phi) is 2.73. The average molecular weight is 241 g/mol. The van der Waals surface area contributed by atoms with Crippen molar-refractivity contribution in [3.8, 4) is 0 Å². The van der Waals surface area contributed by atoms with Crippen LogP contribution >= 0.6 is 0 Å². The van der Waals surface area contributed by atoms with Gasteiger partial charge >= 0.3 is 0 Å². The van der Waals surface area contributed by atoms with Crippen molar-refractivity contribution in [3.63, 3.8) is 0 Å². The van der Waals surface area contributed by atoms with Crippen LogP contribution in [0.4, 0.5) is 5.69 Å². The van der Waals surface area contributed by atoms with E-state index < -0.39 is 0 Å². The number of hydrogen-bond acceptors (Lipinski definition) is 1. The van der Waals surface area contributed by atoms with Gasteiger partial charge < -0.3 is 5.32 Å². The zero-order valence-corrected chi connectivity index (χ0v) is 11.6. The van der Waals surface area contributed by atoms with Gasteiger partial charge in [-0.3, -0.25) is 0 Å². The van der Waals surface area contributed by atoms with E-state index in [1.54, 1.807) is 0 Å². The molecule has 1 nitrogen and oxygen atoms in total. The van der Waals surface area contributed by atoms with Crippen molar-refractivity contribution in [2.75, 3.05) is 5.32 Å². The first-order chi connectivity index (χ1) is 8.55. The van der Waals surface area contributed by atoms with Gasteiger partial charge in [-0.1, -0.05) is 51.1 Å². The van der Waals surface area contributed by atoms with Crippen molar-refractivity contribution in [2.24, 2.45) is 11.8 Å². The van der Waals surface area contributed by atoms with Crippen molar-refractivity contribution < 1.29 is 0 Å². The normalized spacial score (nSPS) is 29.8. The zero-order valence-electron chi connectivity index (χ0n) is 11.6. The Labute approximate surface area is 110 Å². The lowest BCUT2D eigenvalue weighted by Crippen LogP contribution is -2.43. The Balaban J connectivity index is 1.79. The molecule has 3 rings (SSSR count). The summed E-state index contributed by atoms with van der Waals surface area (Å²) in [6.45, 7) is 6.85. The molecule has 1 aromatic rings. The zero-order chi connectivity index (χ0) is 12.8. The maximum absolute atomic E-state index is 3.77. The summed E-state index contributed by atoms with van der Waals surface area (Å²) in [5.74, 6) is 1.70. The maximum Gasteiger partial charge on any atom is 0.0380 e. The van der Waals surface area contributed by atoms with E-state index in [2.05, 4.69) is 62.5 Å². The number of hydrogen-bond donors (Lipinski definition) is 1. The lowest BCUT2D eigenvalue weighted by molar-refractivity contribution is 0.217. The highest BCUT2D eigenvalue weighted by molar-refractivity contribution is 5.55. The quantitative estimate of drug-likeness (QED) is 0.759. The molecule has 1 saturated carbocycles. The third-order valence-corrected chi connectivity index (χ3v) is 4.44. The summed E-state index contributed by atoms with van der Waals surface area (Å²) in [6.07, 6.45) is 7.39. The molecule has 1 N–H and O–H groups in total. The van der Waals surface area contributed by atoms with Gasteiger partial charge in [0.05, 0.1) is 0 Å². The fourth-order valence-corrected chi connectivity index (χ4v) is 3.35. The highest BCUT2D eigenvalue weighted by Gasteiger charge is 2.41. The van der Waals surface area contributed by atoms with Gasteiger partial charge in [0, 0.05) is 17.6 Å². The van der Waals surface area contributed by atoms with Gasteiger partial charge in [0.15, 0.2) is 0 Å².